The summed E-state index contributed by atoms with van der Waals surface area (Å²) in [7, 11) is -0.973. The SMILES string of the molecule is CCCCN1C(=O)c2ccc(C(=O)OCc3ccc(S(=O)(=O)N(C)C)o3)cc2C1=O. The fraction of sp³-hybridized carbons (Fsp3) is 0.350. The smallest absolute Gasteiger partial charge is 0.338 e. The van der Waals surface area contributed by atoms with Gasteiger partial charge in [-0.15, -0.1) is 0 Å². The highest BCUT2D eigenvalue weighted by molar-refractivity contribution is 7.88. The number of sulfonamides is 1. The Morgan fingerprint density at radius 2 is 1.80 bits per heavy atom. The normalized spacial score (nSPS) is 13.8. The monoisotopic (exact) mass is 434 g/mol. The molecule has 3 rings (SSSR count). The predicted molar refractivity (Wildman–Crippen MR) is 105 cm³/mol. The molecule has 9 nitrogen and oxygen atoms in total. The van der Waals surface area contributed by atoms with Crippen LogP contribution in [0.4, 0.5) is 0 Å². The molecule has 0 N–H and O–H groups in total. The molecule has 0 fully saturated rings. The maximum atomic E-state index is 12.5. The fourth-order valence-electron chi connectivity index (χ4n) is 2.91. The van der Waals surface area contributed by atoms with Gasteiger partial charge >= 0.3 is 5.97 Å². The minimum atomic E-state index is -3.72. The largest absolute Gasteiger partial charge is 0.454 e. The van der Waals surface area contributed by atoms with Crippen LogP contribution >= 0.6 is 0 Å². The quantitative estimate of drug-likeness (QED) is 0.462. The van der Waals surface area contributed by atoms with Gasteiger partial charge in [0, 0.05) is 20.6 Å². The third kappa shape index (κ3) is 4.01. The number of ether oxygens (including phenoxy) is 1. The molecule has 0 bridgehead atoms. The first-order valence-electron chi connectivity index (χ1n) is 9.35. The zero-order valence-corrected chi connectivity index (χ0v) is 17.7. The molecule has 1 aliphatic rings. The lowest BCUT2D eigenvalue weighted by atomic mass is 10.1. The summed E-state index contributed by atoms with van der Waals surface area (Å²) >= 11 is 0. The van der Waals surface area contributed by atoms with Gasteiger partial charge in [0.2, 0.25) is 5.09 Å². The third-order valence-electron chi connectivity index (χ3n) is 4.66. The van der Waals surface area contributed by atoms with Gasteiger partial charge in [0.25, 0.3) is 21.8 Å². The topological polar surface area (TPSA) is 114 Å². The number of carbonyl (C=O) groups is 3. The van der Waals surface area contributed by atoms with Crippen molar-refractivity contribution in [2.45, 2.75) is 31.5 Å². The van der Waals surface area contributed by atoms with E-state index < -0.39 is 21.9 Å². The average Bonchev–Trinajstić information content (AvgIpc) is 3.29. The first kappa shape index (κ1) is 21.7. The second-order valence-corrected chi connectivity index (χ2v) is 9.04. The van der Waals surface area contributed by atoms with Gasteiger partial charge in [0.1, 0.15) is 12.4 Å². The molecule has 0 atom stereocenters. The van der Waals surface area contributed by atoms with E-state index in [0.29, 0.717) is 13.0 Å². The number of hydrogen-bond acceptors (Lipinski definition) is 7. The minimum Gasteiger partial charge on any atom is -0.454 e. The van der Waals surface area contributed by atoms with E-state index in [9.17, 15) is 22.8 Å². The molecule has 1 aromatic carbocycles. The molecule has 0 radical (unpaired) electrons. The highest BCUT2D eigenvalue weighted by Crippen LogP contribution is 2.25. The molecule has 2 heterocycles. The van der Waals surface area contributed by atoms with E-state index in [4.69, 9.17) is 9.15 Å². The summed E-state index contributed by atoms with van der Waals surface area (Å²) in [6.07, 6.45) is 1.55. The number of benzene rings is 1. The first-order valence-corrected chi connectivity index (χ1v) is 10.8. The van der Waals surface area contributed by atoms with E-state index in [0.717, 1.165) is 10.7 Å². The molecule has 10 heteroatoms. The van der Waals surface area contributed by atoms with Crippen molar-refractivity contribution in [3.63, 3.8) is 0 Å². The van der Waals surface area contributed by atoms with Gasteiger partial charge in [-0.1, -0.05) is 13.3 Å². The Bertz CT molecular complexity index is 1100. The number of esters is 1. The molecule has 1 aliphatic heterocycles. The van der Waals surface area contributed by atoms with Crippen LogP contribution in [0.5, 0.6) is 0 Å². The summed E-state index contributed by atoms with van der Waals surface area (Å²) in [5.41, 5.74) is 0.542. The minimum absolute atomic E-state index is 0.111. The van der Waals surface area contributed by atoms with E-state index in [1.54, 1.807) is 0 Å². The van der Waals surface area contributed by atoms with Crippen molar-refractivity contribution in [3.8, 4) is 0 Å². The lowest BCUT2D eigenvalue weighted by Gasteiger charge is -2.12. The van der Waals surface area contributed by atoms with Crippen LogP contribution in [0, 0.1) is 0 Å². The van der Waals surface area contributed by atoms with E-state index in [-0.39, 0.29) is 40.1 Å². The molecule has 0 unspecified atom stereocenters. The van der Waals surface area contributed by atoms with Crippen LogP contribution in [0.15, 0.2) is 39.8 Å². The van der Waals surface area contributed by atoms with Crippen LogP contribution in [-0.4, -0.2) is 56.0 Å². The second-order valence-electron chi connectivity index (χ2n) is 6.96. The van der Waals surface area contributed by atoms with Gasteiger partial charge in [-0.3, -0.25) is 14.5 Å². The van der Waals surface area contributed by atoms with Gasteiger partial charge < -0.3 is 9.15 Å². The average molecular weight is 434 g/mol. The predicted octanol–water partition coefficient (Wildman–Crippen LogP) is 2.28. The third-order valence-corrected chi connectivity index (χ3v) is 6.35. The number of amides is 2. The van der Waals surface area contributed by atoms with Crippen LogP contribution in [-0.2, 0) is 21.4 Å². The van der Waals surface area contributed by atoms with Crippen molar-refractivity contribution in [2.75, 3.05) is 20.6 Å². The van der Waals surface area contributed by atoms with Crippen molar-refractivity contribution in [3.05, 3.63) is 52.8 Å². The summed E-state index contributed by atoms with van der Waals surface area (Å²) in [4.78, 5) is 38.4. The molecular formula is C20H22N2O7S. The van der Waals surface area contributed by atoms with E-state index >= 15 is 0 Å². The van der Waals surface area contributed by atoms with Crippen molar-refractivity contribution in [2.24, 2.45) is 0 Å². The highest BCUT2D eigenvalue weighted by Gasteiger charge is 2.35. The second kappa shape index (κ2) is 8.41. The van der Waals surface area contributed by atoms with Gasteiger partial charge in [-0.05, 0) is 36.8 Å². The molecule has 160 valence electrons. The van der Waals surface area contributed by atoms with Crippen molar-refractivity contribution < 1.29 is 32.0 Å². The summed E-state index contributed by atoms with van der Waals surface area (Å²) in [6, 6.07) is 6.88. The van der Waals surface area contributed by atoms with Gasteiger partial charge in [0.05, 0.1) is 16.7 Å². The summed E-state index contributed by atoms with van der Waals surface area (Å²) in [5.74, 6) is -1.36. The van der Waals surface area contributed by atoms with Crippen LogP contribution in [0.25, 0.3) is 0 Å². The Hall–Kier alpha value is -2.98. The number of carbonyl (C=O) groups excluding carboxylic acids is 3. The molecule has 2 aromatic rings. The van der Waals surface area contributed by atoms with Gasteiger partial charge in [-0.25, -0.2) is 17.5 Å². The van der Waals surface area contributed by atoms with Crippen LogP contribution in [0.2, 0.25) is 0 Å². The summed E-state index contributed by atoms with van der Waals surface area (Å²) in [5, 5.41) is -0.257. The van der Waals surface area contributed by atoms with Crippen molar-refractivity contribution in [1.82, 2.24) is 9.21 Å². The number of fused-ring (bicyclic) bond motifs is 1. The Morgan fingerprint density at radius 1 is 1.10 bits per heavy atom. The Balaban J connectivity index is 1.70. The maximum absolute atomic E-state index is 12.5. The Kier molecular flexibility index (Phi) is 6.09. The van der Waals surface area contributed by atoms with Gasteiger partial charge in [-0.2, -0.15) is 0 Å². The number of imide groups is 1. The lowest BCUT2D eigenvalue weighted by Crippen LogP contribution is -2.30. The molecule has 0 saturated heterocycles. The molecule has 0 saturated carbocycles. The first-order chi connectivity index (χ1) is 14.2. The molecule has 1 aromatic heterocycles. The van der Waals surface area contributed by atoms with Crippen molar-refractivity contribution >= 4 is 27.8 Å². The van der Waals surface area contributed by atoms with Crippen LogP contribution in [0.3, 0.4) is 0 Å². The van der Waals surface area contributed by atoms with E-state index in [1.807, 2.05) is 6.92 Å². The fourth-order valence-corrected chi connectivity index (χ4v) is 3.72. The van der Waals surface area contributed by atoms with Crippen molar-refractivity contribution in [1.29, 1.82) is 0 Å². The van der Waals surface area contributed by atoms with Crippen LogP contribution < -0.4 is 0 Å². The number of rotatable bonds is 8. The molecule has 0 spiro atoms. The summed E-state index contributed by atoms with van der Waals surface area (Å²) in [6.45, 7) is 2.01. The lowest BCUT2D eigenvalue weighted by molar-refractivity contribution is 0.0440. The van der Waals surface area contributed by atoms with Crippen LogP contribution in [0.1, 0.15) is 56.6 Å². The molecule has 2 amide bonds. The van der Waals surface area contributed by atoms with E-state index in [2.05, 4.69) is 0 Å². The highest BCUT2D eigenvalue weighted by atomic mass is 32.2. The maximum Gasteiger partial charge on any atom is 0.338 e. The zero-order valence-electron chi connectivity index (χ0n) is 16.9. The number of unbranched alkanes of at least 4 members (excludes halogenated alkanes) is 1. The zero-order chi connectivity index (χ0) is 22.1. The number of nitrogens with zero attached hydrogens (tertiary/aromatic N) is 2. The summed E-state index contributed by atoms with van der Waals surface area (Å²) < 4.78 is 35.5. The molecule has 30 heavy (non-hydrogen) atoms. The van der Waals surface area contributed by atoms with Gasteiger partial charge in [0.15, 0.2) is 0 Å². The standard InChI is InChI=1S/C20H22N2O7S/c1-4-5-10-22-18(23)15-8-6-13(11-16(15)19(22)24)20(25)28-12-14-7-9-17(29-14)30(26,27)21(2)3/h6-9,11H,4-5,10,12H2,1-3H3. The Morgan fingerprint density at radius 3 is 2.47 bits per heavy atom. The molecule has 0 aliphatic carbocycles. The Labute approximate surface area is 174 Å². The number of hydrogen-bond donors (Lipinski definition) is 0. The number of furan rings is 1. The molecular weight excluding hydrogens is 412 g/mol. The van der Waals surface area contributed by atoms with E-state index in [1.165, 1.54) is 49.3 Å².